The number of nitrogens with one attached hydrogen (secondary N) is 1. The van der Waals surface area contributed by atoms with Crippen LogP contribution >= 0.6 is 15.9 Å². The van der Waals surface area contributed by atoms with Gasteiger partial charge in [0.05, 0.1) is 6.54 Å². The first-order valence-electron chi connectivity index (χ1n) is 3.33. The van der Waals surface area contributed by atoms with Crippen LogP contribution in [0.2, 0.25) is 0 Å². The molecule has 72 valence electrons. The Balaban J connectivity index is 3.60. The molecule has 0 atom stereocenters. The number of alkyl halides is 3. The average molecular weight is 246 g/mol. The molecule has 0 rings (SSSR count). The molecule has 2 N–H and O–H groups in total. The molecule has 0 radical (unpaired) electrons. The second-order valence-corrected chi connectivity index (χ2v) is 3.02. The Labute approximate surface area is 77.3 Å². The van der Waals surface area contributed by atoms with E-state index in [2.05, 4.69) is 15.9 Å². The molecule has 0 aromatic rings. The van der Waals surface area contributed by atoms with Crippen LogP contribution in [0, 0.1) is 0 Å². The second-order valence-electron chi connectivity index (χ2n) is 2.23. The Bertz CT molecular complexity index is 154. The van der Waals surface area contributed by atoms with E-state index in [0.717, 1.165) is 0 Å². The fraction of sp³-hybridized carbons (Fsp3) is 0.833. The number of carbonyl (C=O) groups is 1. The van der Waals surface area contributed by atoms with Crippen LogP contribution in [0.1, 0.15) is 6.42 Å². The molecule has 0 aliphatic rings. The lowest BCUT2D eigenvalue weighted by Crippen LogP contribution is -2.38. The minimum Gasteiger partial charge on any atom is -0.390 e. The van der Waals surface area contributed by atoms with E-state index in [1.54, 1.807) is 0 Å². The van der Waals surface area contributed by atoms with Gasteiger partial charge in [0, 0.05) is 11.8 Å². The van der Waals surface area contributed by atoms with Crippen LogP contribution in [0.5, 0.6) is 0 Å². The number of rotatable bonds is 5. The van der Waals surface area contributed by atoms with Crippen molar-refractivity contribution in [3.63, 3.8) is 0 Å². The van der Waals surface area contributed by atoms with E-state index in [1.807, 2.05) is 5.32 Å². The zero-order chi connectivity index (χ0) is 9.61. The summed E-state index contributed by atoms with van der Waals surface area (Å²) in [6.45, 7) is -2.06. The third-order valence-corrected chi connectivity index (χ3v) is 1.49. The number of aliphatic hydroxyl groups excluding tert-OH is 1. The van der Waals surface area contributed by atoms with Gasteiger partial charge in [-0.3, -0.25) is 4.79 Å². The van der Waals surface area contributed by atoms with Crippen LogP contribution in [0.25, 0.3) is 0 Å². The zero-order valence-electron chi connectivity index (χ0n) is 6.32. The summed E-state index contributed by atoms with van der Waals surface area (Å²) in [6.07, 6.45) is 0.154. The van der Waals surface area contributed by atoms with E-state index in [1.165, 1.54) is 0 Å². The molecule has 0 fully saturated rings. The molecule has 0 spiro atoms. The fourth-order valence-corrected chi connectivity index (χ4v) is 0.818. The highest BCUT2D eigenvalue weighted by atomic mass is 79.9. The van der Waals surface area contributed by atoms with Gasteiger partial charge in [-0.15, -0.1) is 0 Å². The molecular weight excluding hydrogens is 236 g/mol. The molecule has 0 aromatic heterocycles. The van der Waals surface area contributed by atoms with Crippen LogP contribution in [0.4, 0.5) is 8.78 Å². The van der Waals surface area contributed by atoms with Crippen molar-refractivity contribution in [2.75, 3.05) is 18.5 Å². The molecule has 3 nitrogen and oxygen atoms in total. The van der Waals surface area contributed by atoms with Crippen LogP contribution in [-0.4, -0.2) is 35.4 Å². The first-order valence-corrected chi connectivity index (χ1v) is 4.45. The molecule has 0 saturated carbocycles. The zero-order valence-corrected chi connectivity index (χ0v) is 7.90. The van der Waals surface area contributed by atoms with E-state index in [-0.39, 0.29) is 6.42 Å². The molecule has 0 heterocycles. The Kier molecular flexibility index (Phi) is 5.32. The highest BCUT2D eigenvalue weighted by molar-refractivity contribution is 9.09. The summed E-state index contributed by atoms with van der Waals surface area (Å²) < 4.78 is 24.6. The molecule has 1 amide bonds. The normalized spacial score (nSPS) is 11.3. The quantitative estimate of drug-likeness (QED) is 0.694. The monoisotopic (exact) mass is 245 g/mol. The summed E-state index contributed by atoms with van der Waals surface area (Å²) in [7, 11) is 0. The molecule has 0 bridgehead atoms. The maximum Gasteiger partial charge on any atom is 0.287 e. The van der Waals surface area contributed by atoms with Crippen molar-refractivity contribution in [3.8, 4) is 0 Å². The SMILES string of the molecule is O=C(CCBr)NCC(F)(F)CO. The molecule has 0 aromatic carbocycles. The van der Waals surface area contributed by atoms with Gasteiger partial charge in [-0.1, -0.05) is 15.9 Å². The molecule has 0 saturated heterocycles. The molecular formula is C6H10BrF2NO2. The Hall–Kier alpha value is -0.230. The smallest absolute Gasteiger partial charge is 0.287 e. The van der Waals surface area contributed by atoms with E-state index in [9.17, 15) is 13.6 Å². The Morgan fingerprint density at radius 3 is 2.58 bits per heavy atom. The van der Waals surface area contributed by atoms with Gasteiger partial charge in [-0.2, -0.15) is 0 Å². The summed E-state index contributed by atoms with van der Waals surface area (Å²) in [5, 5.41) is 10.6. The maximum atomic E-state index is 12.3. The van der Waals surface area contributed by atoms with Gasteiger partial charge in [0.2, 0.25) is 5.91 Å². The molecule has 0 aliphatic carbocycles. The minimum absolute atomic E-state index is 0.154. The highest BCUT2D eigenvalue weighted by Gasteiger charge is 2.27. The third kappa shape index (κ3) is 5.42. The number of amides is 1. The highest BCUT2D eigenvalue weighted by Crippen LogP contribution is 2.09. The van der Waals surface area contributed by atoms with Crippen LogP contribution in [0.3, 0.4) is 0 Å². The van der Waals surface area contributed by atoms with Gasteiger partial charge in [0.25, 0.3) is 5.92 Å². The number of halogens is 3. The Morgan fingerprint density at radius 2 is 2.17 bits per heavy atom. The van der Waals surface area contributed by atoms with E-state index >= 15 is 0 Å². The average Bonchev–Trinajstić information content (AvgIpc) is 2.02. The number of aliphatic hydroxyl groups is 1. The number of carbonyl (C=O) groups excluding carboxylic acids is 1. The summed E-state index contributed by atoms with van der Waals surface area (Å²) >= 11 is 2.99. The van der Waals surface area contributed by atoms with Crippen molar-refractivity contribution in [1.82, 2.24) is 5.32 Å². The molecule has 6 heteroatoms. The van der Waals surface area contributed by atoms with Gasteiger partial charge < -0.3 is 10.4 Å². The first kappa shape index (κ1) is 11.8. The van der Waals surface area contributed by atoms with Gasteiger partial charge in [0.1, 0.15) is 6.61 Å². The number of hydrogen-bond acceptors (Lipinski definition) is 2. The lowest BCUT2D eigenvalue weighted by atomic mass is 10.3. The second kappa shape index (κ2) is 5.42. The summed E-state index contributed by atoms with van der Waals surface area (Å²) in [5.74, 6) is -3.68. The predicted octanol–water partition coefficient (Wildman–Crippen LogP) is 0.515. The number of hydrogen-bond donors (Lipinski definition) is 2. The largest absolute Gasteiger partial charge is 0.390 e. The Morgan fingerprint density at radius 1 is 1.58 bits per heavy atom. The van der Waals surface area contributed by atoms with Crippen molar-refractivity contribution in [1.29, 1.82) is 0 Å². The van der Waals surface area contributed by atoms with E-state index in [4.69, 9.17) is 5.11 Å². The standard InChI is InChI=1S/C6H10BrF2NO2/c7-2-1-5(12)10-3-6(8,9)4-11/h11H,1-4H2,(H,10,12). The lowest BCUT2D eigenvalue weighted by Gasteiger charge is -2.13. The molecule has 12 heavy (non-hydrogen) atoms. The lowest BCUT2D eigenvalue weighted by molar-refractivity contribution is -0.123. The third-order valence-electron chi connectivity index (χ3n) is 1.10. The van der Waals surface area contributed by atoms with Crippen LogP contribution in [-0.2, 0) is 4.79 Å². The van der Waals surface area contributed by atoms with Gasteiger partial charge >= 0.3 is 0 Å². The molecule has 0 aliphatic heterocycles. The van der Waals surface area contributed by atoms with E-state index in [0.29, 0.717) is 5.33 Å². The topological polar surface area (TPSA) is 49.3 Å². The van der Waals surface area contributed by atoms with E-state index < -0.39 is 25.0 Å². The van der Waals surface area contributed by atoms with Gasteiger partial charge in [-0.05, 0) is 0 Å². The van der Waals surface area contributed by atoms with Crippen molar-refractivity contribution < 1.29 is 18.7 Å². The van der Waals surface area contributed by atoms with Gasteiger partial charge in [0.15, 0.2) is 0 Å². The summed E-state index contributed by atoms with van der Waals surface area (Å²) in [4.78, 5) is 10.6. The van der Waals surface area contributed by atoms with Crippen molar-refractivity contribution in [2.24, 2.45) is 0 Å². The fourth-order valence-electron chi connectivity index (χ4n) is 0.458. The van der Waals surface area contributed by atoms with Gasteiger partial charge in [-0.25, -0.2) is 8.78 Å². The molecule has 0 unspecified atom stereocenters. The first-order chi connectivity index (χ1) is 5.52. The van der Waals surface area contributed by atoms with Crippen molar-refractivity contribution in [3.05, 3.63) is 0 Å². The summed E-state index contributed by atoms with van der Waals surface area (Å²) in [5.41, 5.74) is 0. The minimum atomic E-state index is -3.22. The maximum absolute atomic E-state index is 12.3. The van der Waals surface area contributed by atoms with Crippen LogP contribution < -0.4 is 5.32 Å². The van der Waals surface area contributed by atoms with Crippen LogP contribution in [0.15, 0.2) is 0 Å². The summed E-state index contributed by atoms with van der Waals surface area (Å²) in [6, 6.07) is 0. The van der Waals surface area contributed by atoms with Crippen molar-refractivity contribution in [2.45, 2.75) is 12.3 Å². The predicted molar refractivity (Wildman–Crippen MR) is 43.5 cm³/mol. The van der Waals surface area contributed by atoms with Crippen molar-refractivity contribution >= 4 is 21.8 Å².